The van der Waals surface area contributed by atoms with E-state index in [-0.39, 0.29) is 22.1 Å². The number of benzene rings is 1. The van der Waals surface area contributed by atoms with Crippen molar-refractivity contribution in [1.82, 2.24) is 4.72 Å². The summed E-state index contributed by atoms with van der Waals surface area (Å²) in [4.78, 5) is 14.2. The minimum Gasteiger partial charge on any atom is -0.312 e. The maximum atomic E-state index is 12.5. The van der Waals surface area contributed by atoms with Gasteiger partial charge in [0.1, 0.15) is 0 Å². The molecule has 1 heterocycles. The Hall–Kier alpha value is -1.40. The zero-order valence-electron chi connectivity index (χ0n) is 14.5. The number of hydrogen-bond donors (Lipinski definition) is 1. The second-order valence-electron chi connectivity index (χ2n) is 7.12. The number of amides is 1. The summed E-state index contributed by atoms with van der Waals surface area (Å²) in [6, 6.07) is 5.05. The molecule has 0 saturated carbocycles. The first-order chi connectivity index (χ1) is 10.6. The Morgan fingerprint density at radius 1 is 1.30 bits per heavy atom. The van der Waals surface area contributed by atoms with Crippen molar-refractivity contribution >= 4 is 21.6 Å². The highest BCUT2D eigenvalue weighted by Crippen LogP contribution is 2.41. The van der Waals surface area contributed by atoms with E-state index in [9.17, 15) is 13.2 Å². The third-order valence-corrected chi connectivity index (χ3v) is 5.61. The maximum Gasteiger partial charge on any atom is 0.240 e. The van der Waals surface area contributed by atoms with Crippen molar-refractivity contribution in [1.29, 1.82) is 0 Å². The summed E-state index contributed by atoms with van der Waals surface area (Å²) in [5.41, 5.74) is 1.35. The van der Waals surface area contributed by atoms with Crippen LogP contribution in [-0.4, -0.2) is 27.4 Å². The molecule has 0 atom stereocenters. The Bertz CT molecular complexity index is 709. The van der Waals surface area contributed by atoms with Crippen LogP contribution in [0.15, 0.2) is 23.1 Å². The lowest BCUT2D eigenvalue weighted by atomic mass is 9.77. The van der Waals surface area contributed by atoms with Gasteiger partial charge in [-0.2, -0.15) is 0 Å². The molecule has 0 spiro atoms. The van der Waals surface area contributed by atoms with Gasteiger partial charge in [0.05, 0.1) is 4.90 Å². The molecule has 1 aliphatic heterocycles. The van der Waals surface area contributed by atoms with Crippen LogP contribution < -0.4 is 9.62 Å². The van der Waals surface area contributed by atoms with Crippen molar-refractivity contribution in [3.8, 4) is 0 Å². The molecular formula is C17H26N2O3S. The number of sulfonamides is 1. The van der Waals surface area contributed by atoms with E-state index in [2.05, 4.69) is 4.72 Å². The van der Waals surface area contributed by atoms with Gasteiger partial charge in [-0.25, -0.2) is 13.1 Å². The molecule has 23 heavy (non-hydrogen) atoms. The molecule has 0 aliphatic carbocycles. The zero-order valence-corrected chi connectivity index (χ0v) is 15.3. The molecule has 1 amide bonds. The Kier molecular flexibility index (Phi) is 4.87. The summed E-state index contributed by atoms with van der Waals surface area (Å²) in [5, 5.41) is 0. The van der Waals surface area contributed by atoms with Gasteiger partial charge in [0.15, 0.2) is 0 Å². The monoisotopic (exact) mass is 338 g/mol. The number of hydrogen-bond acceptors (Lipinski definition) is 3. The first-order valence-electron chi connectivity index (χ1n) is 8.03. The highest BCUT2D eigenvalue weighted by atomic mass is 32.2. The first kappa shape index (κ1) is 17.9. The van der Waals surface area contributed by atoms with Gasteiger partial charge in [-0.3, -0.25) is 4.79 Å². The molecule has 0 radical (unpaired) electrons. The molecule has 1 aliphatic rings. The van der Waals surface area contributed by atoms with Gasteiger partial charge in [0, 0.05) is 30.6 Å². The lowest BCUT2D eigenvalue weighted by Gasteiger charge is -2.38. The van der Waals surface area contributed by atoms with E-state index in [0.717, 1.165) is 11.3 Å². The average Bonchev–Trinajstić information content (AvgIpc) is 2.44. The number of carbonyl (C=O) groups excluding carboxylic acids is 1. The summed E-state index contributed by atoms with van der Waals surface area (Å²) < 4.78 is 27.5. The fraction of sp³-hybridized carbons (Fsp3) is 0.588. The summed E-state index contributed by atoms with van der Waals surface area (Å²) in [7, 11) is -3.53. The first-order valence-corrected chi connectivity index (χ1v) is 9.51. The molecule has 6 heteroatoms. The van der Waals surface area contributed by atoms with Crippen molar-refractivity contribution in [2.45, 2.75) is 51.3 Å². The fourth-order valence-corrected chi connectivity index (χ4v) is 4.11. The predicted octanol–water partition coefficient (Wildman–Crippen LogP) is 2.66. The number of carbonyl (C=O) groups is 1. The molecule has 128 valence electrons. The van der Waals surface area contributed by atoms with Crippen LogP contribution >= 0.6 is 0 Å². The lowest BCUT2D eigenvalue weighted by Crippen LogP contribution is -2.42. The number of nitrogens with one attached hydrogen (secondary N) is 1. The van der Waals surface area contributed by atoms with E-state index in [4.69, 9.17) is 0 Å². The number of fused-ring (bicyclic) bond motifs is 1. The van der Waals surface area contributed by atoms with Crippen LogP contribution in [-0.2, 0) is 20.2 Å². The van der Waals surface area contributed by atoms with Crippen molar-refractivity contribution in [3.05, 3.63) is 23.8 Å². The van der Waals surface area contributed by atoms with Crippen LogP contribution in [0.1, 0.15) is 46.6 Å². The van der Waals surface area contributed by atoms with Crippen molar-refractivity contribution in [2.24, 2.45) is 5.92 Å². The summed E-state index contributed by atoms with van der Waals surface area (Å²) in [6.07, 6.45) is 0.386. The Morgan fingerprint density at radius 3 is 2.52 bits per heavy atom. The Labute approximate surface area is 139 Å². The van der Waals surface area contributed by atoms with E-state index >= 15 is 0 Å². The van der Waals surface area contributed by atoms with Crippen LogP contribution in [0.25, 0.3) is 0 Å². The highest BCUT2D eigenvalue weighted by molar-refractivity contribution is 7.89. The molecular weight excluding hydrogens is 312 g/mol. The average molecular weight is 338 g/mol. The predicted molar refractivity (Wildman–Crippen MR) is 92.1 cm³/mol. The van der Waals surface area contributed by atoms with E-state index < -0.39 is 10.0 Å². The van der Waals surface area contributed by atoms with Crippen molar-refractivity contribution in [2.75, 3.05) is 18.0 Å². The Morgan fingerprint density at radius 2 is 1.96 bits per heavy atom. The molecule has 1 N–H and O–H groups in total. The van der Waals surface area contributed by atoms with Gasteiger partial charge >= 0.3 is 0 Å². The number of rotatable bonds is 5. The van der Waals surface area contributed by atoms with Crippen LogP contribution in [0.2, 0.25) is 0 Å². The van der Waals surface area contributed by atoms with E-state index in [1.165, 1.54) is 0 Å². The van der Waals surface area contributed by atoms with Crippen LogP contribution in [0.5, 0.6) is 0 Å². The third kappa shape index (κ3) is 3.58. The molecule has 0 saturated heterocycles. The second kappa shape index (κ2) is 6.24. The minimum absolute atomic E-state index is 0.0820. The SMILES string of the molecule is CCN1C(=O)CC(C)(C)c2cc(S(=O)(=O)NCC(C)C)ccc21. The largest absolute Gasteiger partial charge is 0.312 e. The van der Waals surface area contributed by atoms with Crippen LogP contribution in [0.4, 0.5) is 5.69 Å². The molecule has 2 rings (SSSR count). The van der Waals surface area contributed by atoms with Gasteiger partial charge in [-0.05, 0) is 36.6 Å². The highest BCUT2D eigenvalue weighted by Gasteiger charge is 2.36. The number of anilines is 1. The maximum absolute atomic E-state index is 12.5. The van der Waals surface area contributed by atoms with E-state index in [1.54, 1.807) is 23.1 Å². The normalized spacial score (nSPS) is 17.5. The quantitative estimate of drug-likeness (QED) is 0.897. The Balaban J connectivity index is 2.47. The van der Waals surface area contributed by atoms with Crippen LogP contribution in [0, 0.1) is 5.92 Å². The standard InChI is InChI=1S/C17H26N2O3S/c1-6-19-15-8-7-13(23(21,22)18-11-12(2)3)9-14(15)17(4,5)10-16(19)20/h7-9,12,18H,6,10-11H2,1-5H3. The van der Waals surface area contributed by atoms with Crippen LogP contribution in [0.3, 0.4) is 0 Å². The van der Waals surface area contributed by atoms with Crippen molar-refractivity contribution in [3.63, 3.8) is 0 Å². The smallest absolute Gasteiger partial charge is 0.240 e. The second-order valence-corrected chi connectivity index (χ2v) is 8.89. The molecule has 0 aromatic heterocycles. The molecule has 5 nitrogen and oxygen atoms in total. The van der Waals surface area contributed by atoms with Gasteiger partial charge in [0.2, 0.25) is 15.9 Å². The van der Waals surface area contributed by atoms with Gasteiger partial charge in [-0.1, -0.05) is 27.7 Å². The summed E-state index contributed by atoms with van der Waals surface area (Å²) in [6.45, 7) is 10.8. The van der Waals surface area contributed by atoms with Crippen molar-refractivity contribution < 1.29 is 13.2 Å². The number of nitrogens with zero attached hydrogens (tertiary/aromatic N) is 1. The molecule has 0 bridgehead atoms. The zero-order chi connectivity index (χ0) is 17.4. The lowest BCUT2D eigenvalue weighted by molar-refractivity contribution is -0.120. The topological polar surface area (TPSA) is 66.5 Å². The molecule has 0 unspecified atom stereocenters. The fourth-order valence-electron chi connectivity index (χ4n) is 2.87. The van der Waals surface area contributed by atoms with Gasteiger partial charge in [-0.15, -0.1) is 0 Å². The summed E-state index contributed by atoms with van der Waals surface area (Å²) >= 11 is 0. The van der Waals surface area contributed by atoms with E-state index in [0.29, 0.717) is 19.5 Å². The molecule has 1 aromatic carbocycles. The third-order valence-electron chi connectivity index (χ3n) is 4.19. The van der Waals surface area contributed by atoms with Gasteiger partial charge in [0.25, 0.3) is 0 Å². The van der Waals surface area contributed by atoms with Gasteiger partial charge < -0.3 is 4.90 Å². The molecule has 1 aromatic rings. The van der Waals surface area contributed by atoms with E-state index in [1.807, 2.05) is 34.6 Å². The summed E-state index contributed by atoms with van der Waals surface area (Å²) in [5.74, 6) is 0.325. The molecule has 0 fully saturated rings. The minimum atomic E-state index is -3.53.